The van der Waals surface area contributed by atoms with E-state index in [1.807, 2.05) is 30.3 Å². The van der Waals surface area contributed by atoms with Crippen LogP contribution in [0.4, 0.5) is 0 Å². The normalized spacial score (nSPS) is 27.5. The fraction of sp³-hybridized carbons (Fsp3) is 0.538. The van der Waals surface area contributed by atoms with Crippen molar-refractivity contribution in [1.82, 2.24) is 4.90 Å². The summed E-state index contributed by atoms with van der Waals surface area (Å²) >= 11 is 0. The first-order chi connectivity index (χ1) is 9.40. The highest BCUT2D eigenvalue weighted by atomic mass is 16.7. The van der Waals surface area contributed by atoms with Crippen LogP contribution < -0.4 is 4.74 Å². The van der Waals surface area contributed by atoms with E-state index in [0.717, 1.165) is 25.4 Å². The molecule has 3 fully saturated rings. The van der Waals surface area contributed by atoms with Crippen LogP contribution in [0, 0.1) is 0 Å². The molecule has 3 heterocycles. The van der Waals surface area contributed by atoms with Gasteiger partial charge in [0.1, 0.15) is 12.4 Å². The maximum atomic E-state index is 5.77. The van der Waals surface area contributed by atoms with Gasteiger partial charge in [-0.15, -0.1) is 0 Å². The van der Waals surface area contributed by atoms with Crippen LogP contribution in [0.2, 0.25) is 0 Å². The molecule has 4 rings (SSSR count). The van der Waals surface area contributed by atoms with Crippen molar-refractivity contribution in [3.05, 3.63) is 30.3 Å². The van der Waals surface area contributed by atoms with Gasteiger partial charge in [-0.2, -0.15) is 0 Å². The summed E-state index contributed by atoms with van der Waals surface area (Å²) in [7, 11) is -0.549. The first-order valence-corrected chi connectivity index (χ1v) is 6.69. The molecule has 3 aliphatic rings. The molecule has 6 heteroatoms. The van der Waals surface area contributed by atoms with Gasteiger partial charge in [0.05, 0.1) is 6.10 Å². The molecule has 2 bridgehead atoms. The lowest BCUT2D eigenvalue weighted by atomic mass is 10.1. The Hall–Kier alpha value is -1.08. The Balaban J connectivity index is 1.57. The lowest BCUT2D eigenvalue weighted by Gasteiger charge is -2.34. The van der Waals surface area contributed by atoms with Gasteiger partial charge in [0.25, 0.3) is 0 Å². The summed E-state index contributed by atoms with van der Waals surface area (Å²) in [4.78, 5) is 2.29. The van der Waals surface area contributed by atoms with Gasteiger partial charge in [0.2, 0.25) is 0 Å². The zero-order chi connectivity index (χ0) is 12.9. The number of hydrogen-bond donors (Lipinski definition) is 0. The monoisotopic (exact) mass is 263 g/mol. The van der Waals surface area contributed by atoms with Crippen molar-refractivity contribution >= 4 is 7.32 Å². The topological polar surface area (TPSA) is 40.2 Å². The van der Waals surface area contributed by atoms with Gasteiger partial charge in [0, 0.05) is 32.8 Å². The standard InChI is InChI=1S/C13H18BNO4/c1-2-4-12(5-3-1)16-11-13-10-15-6-8-17-14(19-13)18-9-7-15/h1-5,13H,6-11H2/t13-/m1/s1. The minimum absolute atomic E-state index is 0.0363. The van der Waals surface area contributed by atoms with E-state index in [4.69, 9.17) is 18.7 Å². The highest BCUT2D eigenvalue weighted by molar-refractivity contribution is 6.36. The van der Waals surface area contributed by atoms with Crippen molar-refractivity contribution in [3.8, 4) is 5.75 Å². The van der Waals surface area contributed by atoms with Crippen LogP contribution in [0.5, 0.6) is 5.75 Å². The quantitative estimate of drug-likeness (QED) is 0.754. The third-order valence-corrected chi connectivity index (χ3v) is 3.27. The highest BCUT2D eigenvalue weighted by Crippen LogP contribution is 2.13. The number of para-hydroxylation sites is 1. The van der Waals surface area contributed by atoms with Gasteiger partial charge in [-0.3, -0.25) is 4.90 Å². The average molecular weight is 263 g/mol. The second kappa shape index (κ2) is 6.39. The SMILES string of the molecule is c1ccc(OC[C@H]2CN3CCOB(OCC3)O2)cc1. The number of benzene rings is 1. The number of rotatable bonds is 3. The Morgan fingerprint density at radius 1 is 1.16 bits per heavy atom. The molecule has 0 saturated carbocycles. The van der Waals surface area contributed by atoms with E-state index in [1.54, 1.807) is 0 Å². The summed E-state index contributed by atoms with van der Waals surface area (Å²) in [6.07, 6.45) is -0.0363. The van der Waals surface area contributed by atoms with Crippen LogP contribution >= 0.6 is 0 Å². The van der Waals surface area contributed by atoms with Gasteiger partial charge >= 0.3 is 7.32 Å². The van der Waals surface area contributed by atoms with E-state index in [0.29, 0.717) is 19.8 Å². The molecule has 0 amide bonds. The van der Waals surface area contributed by atoms with E-state index in [1.165, 1.54) is 0 Å². The first-order valence-electron chi connectivity index (χ1n) is 6.69. The van der Waals surface area contributed by atoms with E-state index in [-0.39, 0.29) is 6.10 Å². The summed E-state index contributed by atoms with van der Waals surface area (Å²) in [6, 6.07) is 9.77. The molecule has 0 radical (unpaired) electrons. The second-order valence-corrected chi connectivity index (χ2v) is 4.71. The molecule has 0 N–H and O–H groups in total. The Morgan fingerprint density at radius 2 is 1.89 bits per heavy atom. The highest BCUT2D eigenvalue weighted by Gasteiger charge is 2.32. The van der Waals surface area contributed by atoms with E-state index in [9.17, 15) is 0 Å². The predicted molar refractivity (Wildman–Crippen MR) is 70.9 cm³/mol. The number of nitrogens with zero attached hydrogens (tertiary/aromatic N) is 1. The third kappa shape index (κ3) is 3.70. The molecule has 3 saturated heterocycles. The largest absolute Gasteiger partial charge is 0.639 e. The Morgan fingerprint density at radius 3 is 2.63 bits per heavy atom. The predicted octanol–water partition coefficient (Wildman–Crippen LogP) is 0.798. The zero-order valence-electron chi connectivity index (χ0n) is 10.9. The molecule has 1 atom stereocenters. The van der Waals surface area contributed by atoms with Crippen LogP contribution in [-0.4, -0.2) is 57.8 Å². The number of hydrogen-bond acceptors (Lipinski definition) is 5. The van der Waals surface area contributed by atoms with Gasteiger partial charge in [-0.25, -0.2) is 0 Å². The number of fused-ring (bicyclic) bond motifs is 6. The van der Waals surface area contributed by atoms with Crippen LogP contribution in [-0.2, 0) is 14.0 Å². The second-order valence-electron chi connectivity index (χ2n) is 4.71. The summed E-state index contributed by atoms with van der Waals surface area (Å²) in [5.41, 5.74) is 0. The van der Waals surface area contributed by atoms with Crippen LogP contribution in [0.25, 0.3) is 0 Å². The summed E-state index contributed by atoms with van der Waals surface area (Å²) in [5.74, 6) is 0.857. The molecule has 0 spiro atoms. The van der Waals surface area contributed by atoms with Crippen molar-refractivity contribution in [1.29, 1.82) is 0 Å². The molecule has 5 nitrogen and oxygen atoms in total. The summed E-state index contributed by atoms with van der Waals surface area (Å²) in [6.45, 7) is 4.50. The minimum atomic E-state index is -0.549. The van der Waals surface area contributed by atoms with Gasteiger partial charge < -0.3 is 18.7 Å². The Kier molecular flexibility index (Phi) is 4.35. The van der Waals surface area contributed by atoms with Crippen LogP contribution in [0.15, 0.2) is 30.3 Å². The van der Waals surface area contributed by atoms with Gasteiger partial charge in [-0.05, 0) is 12.1 Å². The molecule has 0 aliphatic carbocycles. The molecule has 1 aromatic rings. The fourth-order valence-electron chi connectivity index (χ4n) is 2.26. The van der Waals surface area contributed by atoms with Crippen molar-refractivity contribution in [2.24, 2.45) is 0 Å². The van der Waals surface area contributed by atoms with Crippen molar-refractivity contribution in [3.63, 3.8) is 0 Å². The molecule has 1 aromatic carbocycles. The minimum Gasteiger partial charge on any atom is -0.491 e. The van der Waals surface area contributed by atoms with Crippen molar-refractivity contribution in [2.75, 3.05) is 39.5 Å². The molecule has 102 valence electrons. The maximum Gasteiger partial charge on any atom is 0.639 e. The zero-order valence-corrected chi connectivity index (χ0v) is 10.9. The molecule has 3 aliphatic heterocycles. The third-order valence-electron chi connectivity index (χ3n) is 3.27. The Labute approximate surface area is 113 Å². The molecular weight excluding hydrogens is 245 g/mol. The van der Waals surface area contributed by atoms with E-state index in [2.05, 4.69) is 4.90 Å². The van der Waals surface area contributed by atoms with Crippen molar-refractivity contribution in [2.45, 2.75) is 6.10 Å². The first kappa shape index (κ1) is 12.9. The van der Waals surface area contributed by atoms with Crippen LogP contribution in [0.1, 0.15) is 0 Å². The lowest BCUT2D eigenvalue weighted by Crippen LogP contribution is -2.51. The molecule has 0 aromatic heterocycles. The Bertz CT molecular complexity index is 367. The summed E-state index contributed by atoms with van der Waals surface area (Å²) < 4.78 is 22.5. The van der Waals surface area contributed by atoms with Gasteiger partial charge in [-0.1, -0.05) is 18.2 Å². The summed E-state index contributed by atoms with van der Waals surface area (Å²) in [5, 5.41) is 0. The average Bonchev–Trinajstić information content (AvgIpc) is 2.36. The van der Waals surface area contributed by atoms with Crippen molar-refractivity contribution < 1.29 is 18.7 Å². The molecule has 0 unspecified atom stereocenters. The van der Waals surface area contributed by atoms with E-state index < -0.39 is 7.32 Å². The fourth-order valence-corrected chi connectivity index (χ4v) is 2.26. The smallest absolute Gasteiger partial charge is 0.491 e. The maximum absolute atomic E-state index is 5.77. The van der Waals surface area contributed by atoms with Crippen LogP contribution in [0.3, 0.4) is 0 Å². The number of ether oxygens (including phenoxy) is 1. The van der Waals surface area contributed by atoms with Gasteiger partial charge in [0.15, 0.2) is 0 Å². The molecular formula is C13H18BNO4. The lowest BCUT2D eigenvalue weighted by molar-refractivity contribution is -0.0321. The van der Waals surface area contributed by atoms with E-state index >= 15 is 0 Å². The molecule has 19 heavy (non-hydrogen) atoms.